The first-order valence-electron chi connectivity index (χ1n) is 3.84. The molecule has 72 valence electrons. The van der Waals surface area contributed by atoms with E-state index < -0.39 is 11.8 Å². The van der Waals surface area contributed by atoms with Gasteiger partial charge < -0.3 is 11.1 Å². The van der Waals surface area contributed by atoms with Crippen molar-refractivity contribution in [1.82, 2.24) is 5.32 Å². The number of amides is 1. The molecule has 0 saturated heterocycles. The Morgan fingerprint density at radius 2 is 2.08 bits per heavy atom. The Morgan fingerprint density at radius 1 is 1.50 bits per heavy atom. The van der Waals surface area contributed by atoms with Crippen LogP contribution in [-0.2, 0) is 4.79 Å². The smallest absolute Gasteiger partial charge is 0.321 e. The maximum atomic E-state index is 12.2. The molecule has 3 nitrogen and oxygen atoms in total. The van der Waals surface area contributed by atoms with Crippen LogP contribution in [0.5, 0.6) is 0 Å². The van der Waals surface area contributed by atoms with Crippen LogP contribution < -0.4 is 11.1 Å². The second kappa shape index (κ2) is 5.03. The van der Waals surface area contributed by atoms with Crippen molar-refractivity contribution in [3.63, 3.8) is 0 Å². The fourth-order valence-corrected chi connectivity index (χ4v) is 0.626. The summed E-state index contributed by atoms with van der Waals surface area (Å²) >= 11 is 0. The first-order valence-corrected chi connectivity index (χ1v) is 3.84. The van der Waals surface area contributed by atoms with Gasteiger partial charge in [0.05, 0.1) is 0 Å². The van der Waals surface area contributed by atoms with Crippen molar-refractivity contribution in [2.75, 3.05) is 13.1 Å². The average Bonchev–Trinajstić information content (AvgIpc) is 1.96. The number of carbonyl (C=O) groups excluding carboxylic acids is 1. The number of nitrogens with one attached hydrogen (secondary N) is 1. The molecular weight excluding hydrogens is 166 g/mol. The topological polar surface area (TPSA) is 55.1 Å². The van der Waals surface area contributed by atoms with Crippen LogP contribution in [0.3, 0.4) is 0 Å². The summed E-state index contributed by atoms with van der Waals surface area (Å²) in [7, 11) is 0. The van der Waals surface area contributed by atoms with Crippen molar-refractivity contribution in [3.05, 3.63) is 0 Å². The molecule has 1 amide bonds. The average molecular weight is 180 g/mol. The fraction of sp³-hybridized carbons (Fsp3) is 0.857. The normalized spacial score (nSPS) is 11.3. The third-order valence-electron chi connectivity index (χ3n) is 1.32. The summed E-state index contributed by atoms with van der Waals surface area (Å²) in [6.45, 7) is 1.35. The zero-order valence-electron chi connectivity index (χ0n) is 7.07. The number of carbonyl (C=O) groups is 1. The number of alkyl halides is 2. The minimum absolute atomic E-state index is 0.263. The SMILES string of the molecule is CC(F)(F)C(=O)NCCCCN. The van der Waals surface area contributed by atoms with Crippen LogP contribution in [0, 0.1) is 0 Å². The van der Waals surface area contributed by atoms with Gasteiger partial charge in [0.1, 0.15) is 0 Å². The largest absolute Gasteiger partial charge is 0.351 e. The van der Waals surface area contributed by atoms with Crippen LogP contribution in [0.25, 0.3) is 0 Å². The van der Waals surface area contributed by atoms with Gasteiger partial charge in [0.15, 0.2) is 0 Å². The molecule has 3 N–H and O–H groups in total. The standard InChI is InChI=1S/C7H14F2N2O/c1-7(8,9)6(12)11-5-3-2-4-10/h2-5,10H2,1H3,(H,11,12). The van der Waals surface area contributed by atoms with Crippen molar-refractivity contribution < 1.29 is 13.6 Å². The number of hydrogen-bond donors (Lipinski definition) is 2. The van der Waals surface area contributed by atoms with Crippen LogP contribution in [0.4, 0.5) is 8.78 Å². The van der Waals surface area contributed by atoms with E-state index >= 15 is 0 Å². The Morgan fingerprint density at radius 3 is 2.50 bits per heavy atom. The van der Waals surface area contributed by atoms with E-state index in [0.717, 1.165) is 6.42 Å². The maximum Gasteiger partial charge on any atom is 0.321 e. The van der Waals surface area contributed by atoms with E-state index in [1.165, 1.54) is 0 Å². The molecule has 0 spiro atoms. The molecule has 0 radical (unpaired) electrons. The maximum absolute atomic E-state index is 12.2. The third kappa shape index (κ3) is 5.01. The summed E-state index contributed by atoms with van der Waals surface area (Å²) in [5.41, 5.74) is 5.17. The number of unbranched alkanes of at least 4 members (excludes halogenated alkanes) is 1. The molecule has 12 heavy (non-hydrogen) atoms. The first kappa shape index (κ1) is 11.3. The van der Waals surface area contributed by atoms with Gasteiger partial charge in [-0.2, -0.15) is 8.78 Å². The molecule has 5 heteroatoms. The number of nitrogens with two attached hydrogens (primary N) is 1. The highest BCUT2D eigenvalue weighted by Gasteiger charge is 2.31. The highest BCUT2D eigenvalue weighted by molar-refractivity contribution is 5.82. The molecule has 0 fully saturated rings. The molecule has 0 aromatic rings. The monoisotopic (exact) mass is 180 g/mol. The van der Waals surface area contributed by atoms with Crippen LogP contribution in [0.2, 0.25) is 0 Å². The van der Waals surface area contributed by atoms with Gasteiger partial charge in [-0.25, -0.2) is 0 Å². The minimum Gasteiger partial charge on any atom is -0.351 e. The molecule has 0 aliphatic rings. The van der Waals surface area contributed by atoms with Gasteiger partial charge in [0.2, 0.25) is 0 Å². The van der Waals surface area contributed by atoms with Gasteiger partial charge in [-0.3, -0.25) is 4.79 Å². The van der Waals surface area contributed by atoms with Crippen LogP contribution >= 0.6 is 0 Å². The van der Waals surface area contributed by atoms with E-state index in [-0.39, 0.29) is 6.54 Å². The molecule has 0 aliphatic heterocycles. The molecule has 0 bridgehead atoms. The lowest BCUT2D eigenvalue weighted by Gasteiger charge is -2.09. The molecule has 0 heterocycles. The molecule has 0 aliphatic carbocycles. The van der Waals surface area contributed by atoms with E-state index in [0.29, 0.717) is 19.9 Å². The fourth-order valence-electron chi connectivity index (χ4n) is 0.626. The lowest BCUT2D eigenvalue weighted by molar-refractivity contribution is -0.142. The zero-order chi connectivity index (χ0) is 9.61. The lowest BCUT2D eigenvalue weighted by atomic mass is 10.3. The molecule has 0 rings (SSSR count). The Kier molecular flexibility index (Phi) is 4.73. The van der Waals surface area contributed by atoms with E-state index in [1.54, 1.807) is 0 Å². The van der Waals surface area contributed by atoms with Gasteiger partial charge in [0, 0.05) is 13.5 Å². The summed E-state index contributed by atoms with van der Waals surface area (Å²) < 4.78 is 24.4. The van der Waals surface area contributed by atoms with E-state index in [2.05, 4.69) is 5.32 Å². The number of rotatable bonds is 5. The molecule has 0 saturated carbocycles. The van der Waals surface area contributed by atoms with Gasteiger partial charge in [-0.1, -0.05) is 0 Å². The lowest BCUT2D eigenvalue weighted by Crippen LogP contribution is -2.38. The Balaban J connectivity index is 3.45. The van der Waals surface area contributed by atoms with Crippen LogP contribution in [-0.4, -0.2) is 24.9 Å². The Bertz CT molecular complexity index is 145. The molecular formula is C7H14F2N2O. The van der Waals surface area contributed by atoms with E-state index in [9.17, 15) is 13.6 Å². The second-order valence-electron chi connectivity index (χ2n) is 2.64. The number of halogens is 2. The first-order chi connectivity index (χ1) is 5.48. The number of hydrogen-bond acceptors (Lipinski definition) is 2. The van der Waals surface area contributed by atoms with Crippen molar-refractivity contribution in [3.8, 4) is 0 Å². The third-order valence-corrected chi connectivity index (χ3v) is 1.32. The quantitative estimate of drug-likeness (QED) is 0.605. The highest BCUT2D eigenvalue weighted by atomic mass is 19.3. The van der Waals surface area contributed by atoms with Crippen molar-refractivity contribution in [2.24, 2.45) is 5.73 Å². The van der Waals surface area contributed by atoms with Crippen LogP contribution in [0.1, 0.15) is 19.8 Å². The second-order valence-corrected chi connectivity index (χ2v) is 2.64. The van der Waals surface area contributed by atoms with Crippen molar-refractivity contribution in [1.29, 1.82) is 0 Å². The summed E-state index contributed by atoms with van der Waals surface area (Å²) in [5, 5.41) is 2.11. The van der Waals surface area contributed by atoms with Gasteiger partial charge in [0.25, 0.3) is 5.91 Å². The summed E-state index contributed by atoms with van der Waals surface area (Å²) in [4.78, 5) is 10.5. The van der Waals surface area contributed by atoms with Crippen molar-refractivity contribution >= 4 is 5.91 Å². The highest BCUT2D eigenvalue weighted by Crippen LogP contribution is 2.10. The summed E-state index contributed by atoms with van der Waals surface area (Å²) in [6, 6.07) is 0. The van der Waals surface area contributed by atoms with E-state index in [4.69, 9.17) is 5.73 Å². The predicted octanol–water partition coefficient (Wildman–Crippen LogP) is 0.497. The predicted molar refractivity (Wildman–Crippen MR) is 41.9 cm³/mol. The molecule has 0 aromatic carbocycles. The molecule has 0 unspecified atom stereocenters. The zero-order valence-corrected chi connectivity index (χ0v) is 7.07. The Hall–Kier alpha value is -0.710. The Labute approximate surface area is 70.3 Å². The minimum atomic E-state index is -3.28. The van der Waals surface area contributed by atoms with Crippen molar-refractivity contribution in [2.45, 2.75) is 25.7 Å². The van der Waals surface area contributed by atoms with Gasteiger partial charge >= 0.3 is 5.92 Å². The molecule has 0 aromatic heterocycles. The van der Waals surface area contributed by atoms with Crippen LogP contribution in [0.15, 0.2) is 0 Å². The van der Waals surface area contributed by atoms with Gasteiger partial charge in [-0.15, -0.1) is 0 Å². The molecule has 0 atom stereocenters. The van der Waals surface area contributed by atoms with Gasteiger partial charge in [-0.05, 0) is 19.4 Å². The summed E-state index contributed by atoms with van der Waals surface area (Å²) in [5.74, 6) is -4.50. The summed E-state index contributed by atoms with van der Waals surface area (Å²) in [6.07, 6.45) is 1.37. The van der Waals surface area contributed by atoms with E-state index in [1.807, 2.05) is 0 Å².